The minimum absolute atomic E-state index is 0.313. The number of thiophene rings is 1. The van der Waals surface area contributed by atoms with Gasteiger partial charge >= 0.3 is 5.97 Å². The van der Waals surface area contributed by atoms with Gasteiger partial charge in [-0.3, -0.25) is 14.4 Å². The number of amides is 3. The van der Waals surface area contributed by atoms with Crippen molar-refractivity contribution >= 4 is 47.3 Å². The van der Waals surface area contributed by atoms with Crippen LogP contribution >= 0.6 is 23.1 Å². The van der Waals surface area contributed by atoms with E-state index in [-0.39, 0.29) is 0 Å². The van der Waals surface area contributed by atoms with Crippen molar-refractivity contribution in [3.63, 3.8) is 0 Å². The highest BCUT2D eigenvalue weighted by molar-refractivity contribution is 8.01. The summed E-state index contributed by atoms with van der Waals surface area (Å²) in [6.45, 7) is 3.40. The van der Waals surface area contributed by atoms with Gasteiger partial charge in [-0.15, -0.1) is 23.1 Å². The predicted molar refractivity (Wildman–Crippen MR) is 95.0 cm³/mol. The second kappa shape index (κ2) is 6.25. The highest BCUT2D eigenvalue weighted by Gasteiger charge is 2.72. The van der Waals surface area contributed by atoms with Crippen LogP contribution in [0.4, 0.5) is 0 Å². The third-order valence-electron chi connectivity index (χ3n) is 4.52. The summed E-state index contributed by atoms with van der Waals surface area (Å²) in [7, 11) is 0. The molecular formula is C15H18N4O5S2. The maximum atomic E-state index is 12.8. The largest absolute Gasteiger partial charge is 0.480 e. The highest BCUT2D eigenvalue weighted by atomic mass is 32.2. The van der Waals surface area contributed by atoms with Gasteiger partial charge in [-0.25, -0.2) is 4.79 Å². The fourth-order valence-electron chi connectivity index (χ4n) is 3.31. The fraction of sp³-hybridized carbons (Fsp3) is 0.467. The summed E-state index contributed by atoms with van der Waals surface area (Å²) in [6, 6.07) is 1.37. The van der Waals surface area contributed by atoms with Crippen molar-refractivity contribution < 1.29 is 24.3 Å². The van der Waals surface area contributed by atoms with Gasteiger partial charge in [0.15, 0.2) is 0 Å². The van der Waals surface area contributed by atoms with Gasteiger partial charge in [-0.05, 0) is 25.3 Å². The van der Waals surface area contributed by atoms with Crippen LogP contribution in [0.1, 0.15) is 24.8 Å². The Balaban J connectivity index is 1.88. The molecule has 2 aliphatic rings. The molecule has 2 saturated heterocycles. The van der Waals surface area contributed by atoms with Crippen LogP contribution in [0.5, 0.6) is 0 Å². The summed E-state index contributed by atoms with van der Waals surface area (Å²) >= 11 is 2.50. The second-order valence-electron chi connectivity index (χ2n) is 6.58. The van der Waals surface area contributed by atoms with E-state index in [9.17, 15) is 24.3 Å². The summed E-state index contributed by atoms with van der Waals surface area (Å²) < 4.78 is -0.793. The quantitative estimate of drug-likeness (QED) is 0.286. The molecule has 2 fully saturated rings. The van der Waals surface area contributed by atoms with Gasteiger partial charge in [0.25, 0.3) is 5.91 Å². The number of rotatable bonds is 6. The minimum atomic E-state index is -1.71. The molecule has 5 N–H and O–H groups in total. The fourth-order valence-corrected chi connectivity index (χ4v) is 5.69. The Morgan fingerprint density at radius 1 is 1.46 bits per heavy atom. The number of aliphatic carboxylic acids is 1. The van der Waals surface area contributed by atoms with E-state index in [2.05, 4.69) is 10.6 Å². The van der Waals surface area contributed by atoms with Crippen LogP contribution in [0.3, 0.4) is 0 Å². The van der Waals surface area contributed by atoms with Gasteiger partial charge in [0.1, 0.15) is 17.5 Å². The van der Waals surface area contributed by atoms with E-state index >= 15 is 0 Å². The van der Waals surface area contributed by atoms with Gasteiger partial charge in [0.05, 0.1) is 0 Å². The van der Waals surface area contributed by atoms with Crippen LogP contribution in [0.2, 0.25) is 0 Å². The number of β-lactam (4-membered cyclic amide) rings is 1. The highest BCUT2D eigenvalue weighted by Crippen LogP contribution is 2.54. The van der Waals surface area contributed by atoms with E-state index < -0.39 is 45.7 Å². The Kier molecular flexibility index (Phi) is 4.49. The molecule has 3 amide bonds. The summed E-state index contributed by atoms with van der Waals surface area (Å²) in [5.41, 5.74) is 4.22. The van der Waals surface area contributed by atoms with Crippen molar-refractivity contribution in [2.24, 2.45) is 5.73 Å². The van der Waals surface area contributed by atoms with Crippen molar-refractivity contribution in [3.05, 3.63) is 22.4 Å². The van der Waals surface area contributed by atoms with E-state index in [4.69, 9.17) is 5.73 Å². The summed E-state index contributed by atoms with van der Waals surface area (Å²) in [6.07, 6.45) is 0.313. The first-order valence-corrected chi connectivity index (χ1v) is 9.47. The first-order chi connectivity index (χ1) is 12.2. The van der Waals surface area contributed by atoms with Gasteiger partial charge in [0.2, 0.25) is 18.0 Å². The van der Waals surface area contributed by atoms with Gasteiger partial charge < -0.3 is 26.4 Å². The van der Waals surface area contributed by atoms with Crippen LogP contribution in [-0.2, 0) is 19.2 Å². The zero-order valence-electron chi connectivity index (χ0n) is 14.0. The third kappa shape index (κ3) is 2.58. The first kappa shape index (κ1) is 18.7. The molecule has 26 heavy (non-hydrogen) atoms. The van der Waals surface area contributed by atoms with Gasteiger partial charge in [-0.2, -0.15) is 0 Å². The number of nitrogens with two attached hydrogens (primary N) is 1. The van der Waals surface area contributed by atoms with Crippen LogP contribution < -0.4 is 16.4 Å². The lowest BCUT2D eigenvalue weighted by Crippen LogP contribution is -2.85. The number of thioether (sulfide) groups is 1. The van der Waals surface area contributed by atoms with Crippen molar-refractivity contribution in [1.82, 2.24) is 15.5 Å². The standard InChI is InChI=1S/C15H18N4O5S2/c1-14(2)9(11(22)23)19-12(24)15(17-6-20,13(19)26-14)18-10(21)8(16)7-4-3-5-25-7/h3-6,8-9,13H,16H2,1-2H3,(H,17,20)(H,18,21)(H,22,23)/t8?,9-,13+,15+/m0/s1. The van der Waals surface area contributed by atoms with Crippen molar-refractivity contribution in [1.29, 1.82) is 0 Å². The molecule has 1 aromatic rings. The number of nitrogens with one attached hydrogen (secondary N) is 2. The minimum Gasteiger partial charge on any atom is -0.480 e. The number of carbonyl (C=O) groups is 4. The Morgan fingerprint density at radius 2 is 2.15 bits per heavy atom. The molecule has 1 unspecified atom stereocenters. The zero-order chi connectivity index (χ0) is 19.3. The van der Waals surface area contributed by atoms with Crippen molar-refractivity contribution in [3.8, 4) is 0 Å². The SMILES string of the molecule is CC1(C)S[C@H]2N(C(=O)[C@@]2(NC=O)NC(=O)C(N)c2cccs2)[C@H]1C(=O)O. The smallest absolute Gasteiger partial charge is 0.327 e. The van der Waals surface area contributed by atoms with Crippen LogP contribution in [0, 0.1) is 0 Å². The number of fused-ring (bicyclic) bond motifs is 1. The number of hydrogen-bond acceptors (Lipinski definition) is 7. The molecule has 4 atom stereocenters. The number of hydrogen-bond donors (Lipinski definition) is 4. The van der Waals surface area contributed by atoms with Crippen molar-refractivity contribution in [2.75, 3.05) is 0 Å². The molecule has 3 rings (SSSR count). The Hall–Kier alpha value is -2.11. The molecule has 0 radical (unpaired) electrons. The summed E-state index contributed by atoms with van der Waals surface area (Å²) in [5, 5.41) is 15.4. The summed E-state index contributed by atoms with van der Waals surface area (Å²) in [5.74, 6) is -2.45. The number of carbonyl (C=O) groups excluding carboxylic acids is 3. The molecule has 11 heteroatoms. The number of carboxylic acids is 1. The maximum absolute atomic E-state index is 12.8. The van der Waals surface area contributed by atoms with Gasteiger partial charge in [0, 0.05) is 9.62 Å². The third-order valence-corrected chi connectivity index (χ3v) is 7.11. The molecule has 3 heterocycles. The lowest BCUT2D eigenvalue weighted by Gasteiger charge is -2.52. The maximum Gasteiger partial charge on any atom is 0.327 e. The zero-order valence-corrected chi connectivity index (χ0v) is 15.6. The molecule has 0 saturated carbocycles. The molecule has 0 aromatic carbocycles. The normalized spacial score (nSPS) is 30.1. The van der Waals surface area contributed by atoms with E-state index in [1.165, 1.54) is 28.0 Å². The molecule has 0 spiro atoms. The molecule has 2 aliphatic heterocycles. The van der Waals surface area contributed by atoms with E-state index in [1.54, 1.807) is 31.4 Å². The average molecular weight is 398 g/mol. The average Bonchev–Trinajstić information content (AvgIpc) is 3.18. The van der Waals surface area contributed by atoms with Crippen LogP contribution in [-0.4, -0.2) is 56.0 Å². The summed E-state index contributed by atoms with van der Waals surface area (Å²) in [4.78, 5) is 49.8. The monoisotopic (exact) mass is 398 g/mol. The predicted octanol–water partition coefficient (Wildman–Crippen LogP) is -0.547. The van der Waals surface area contributed by atoms with Crippen LogP contribution in [0.15, 0.2) is 17.5 Å². The molecule has 140 valence electrons. The molecule has 9 nitrogen and oxygen atoms in total. The molecule has 1 aromatic heterocycles. The molecular weight excluding hydrogens is 380 g/mol. The number of carboxylic acid groups (broad SMARTS) is 1. The van der Waals surface area contributed by atoms with Gasteiger partial charge in [-0.1, -0.05) is 6.07 Å². The molecule has 0 aliphatic carbocycles. The van der Waals surface area contributed by atoms with E-state index in [0.29, 0.717) is 11.3 Å². The second-order valence-corrected chi connectivity index (χ2v) is 9.29. The Morgan fingerprint density at radius 3 is 2.69 bits per heavy atom. The lowest BCUT2D eigenvalue weighted by atomic mass is 9.91. The number of nitrogens with zero attached hydrogens (tertiary/aromatic N) is 1. The topological polar surface area (TPSA) is 142 Å². The van der Waals surface area contributed by atoms with E-state index in [0.717, 1.165) is 0 Å². The Labute approximate surface area is 157 Å². The van der Waals surface area contributed by atoms with E-state index in [1.807, 2.05) is 0 Å². The van der Waals surface area contributed by atoms with Crippen LogP contribution in [0.25, 0.3) is 0 Å². The Bertz CT molecular complexity index is 768. The lowest BCUT2D eigenvalue weighted by molar-refractivity contribution is -0.172. The molecule has 0 bridgehead atoms. The first-order valence-electron chi connectivity index (χ1n) is 7.71. The van der Waals surface area contributed by atoms with Crippen molar-refractivity contribution in [2.45, 2.75) is 41.7 Å².